The fourth-order valence-electron chi connectivity index (χ4n) is 2.13. The summed E-state index contributed by atoms with van der Waals surface area (Å²) in [6.07, 6.45) is 2.86. The maximum Gasteiger partial charge on any atom is 0.291 e. The van der Waals surface area contributed by atoms with Crippen LogP contribution in [-0.2, 0) is 0 Å². The van der Waals surface area contributed by atoms with Gasteiger partial charge in [-0.3, -0.25) is 9.89 Å². The normalized spacial score (nSPS) is 10.9. The van der Waals surface area contributed by atoms with E-state index in [9.17, 15) is 9.90 Å². The first-order valence-electron chi connectivity index (χ1n) is 7.56. The van der Waals surface area contributed by atoms with Gasteiger partial charge in [0.15, 0.2) is 23.0 Å². The van der Waals surface area contributed by atoms with Crippen LogP contribution in [0.15, 0.2) is 52.2 Å². The van der Waals surface area contributed by atoms with Gasteiger partial charge in [0.25, 0.3) is 5.91 Å². The maximum absolute atomic E-state index is 12.0. The third-order valence-corrected chi connectivity index (χ3v) is 3.30. The number of ether oxygens (including phenoxy) is 1. The highest BCUT2D eigenvalue weighted by Crippen LogP contribution is 2.28. The van der Waals surface area contributed by atoms with E-state index in [4.69, 9.17) is 9.15 Å². The molecular formula is C17H16N4O4. The zero-order chi connectivity index (χ0) is 17.6. The van der Waals surface area contributed by atoms with Crippen molar-refractivity contribution < 1.29 is 19.1 Å². The zero-order valence-corrected chi connectivity index (χ0v) is 13.4. The Morgan fingerprint density at radius 3 is 3.08 bits per heavy atom. The number of aromatic nitrogens is 2. The number of rotatable bonds is 6. The molecule has 0 aliphatic carbocycles. The highest BCUT2D eigenvalue weighted by Gasteiger charge is 2.12. The number of phenolic OH excluding ortho intramolecular Hbond substituents is 1. The Morgan fingerprint density at radius 1 is 1.44 bits per heavy atom. The molecule has 8 nitrogen and oxygen atoms in total. The maximum atomic E-state index is 12.0. The first-order chi connectivity index (χ1) is 12.2. The molecule has 0 saturated heterocycles. The summed E-state index contributed by atoms with van der Waals surface area (Å²) in [5, 5.41) is 20.5. The molecule has 0 fully saturated rings. The summed E-state index contributed by atoms with van der Waals surface area (Å²) in [6, 6.07) is 10.1. The van der Waals surface area contributed by atoms with Crippen molar-refractivity contribution in [3.05, 3.63) is 53.9 Å². The molecular weight excluding hydrogens is 324 g/mol. The molecule has 0 bridgehead atoms. The van der Waals surface area contributed by atoms with Gasteiger partial charge in [0.1, 0.15) is 5.69 Å². The number of aromatic hydroxyl groups is 1. The average Bonchev–Trinajstić information content (AvgIpc) is 3.29. The molecule has 0 aliphatic rings. The Hall–Kier alpha value is -3.55. The highest BCUT2D eigenvalue weighted by molar-refractivity contribution is 5.94. The average molecular weight is 340 g/mol. The van der Waals surface area contributed by atoms with E-state index in [0.29, 0.717) is 29.4 Å². The van der Waals surface area contributed by atoms with Gasteiger partial charge in [0, 0.05) is 11.6 Å². The predicted octanol–water partition coefficient (Wildman–Crippen LogP) is 2.54. The van der Waals surface area contributed by atoms with Crippen molar-refractivity contribution in [1.82, 2.24) is 15.6 Å². The smallest absolute Gasteiger partial charge is 0.291 e. The van der Waals surface area contributed by atoms with Gasteiger partial charge in [-0.05, 0) is 31.2 Å². The fraction of sp³-hybridized carbons (Fsp3) is 0.118. The number of carbonyl (C=O) groups is 1. The summed E-state index contributed by atoms with van der Waals surface area (Å²) in [5.74, 6) is 0.397. The van der Waals surface area contributed by atoms with Gasteiger partial charge in [-0.25, -0.2) is 5.43 Å². The van der Waals surface area contributed by atoms with E-state index in [-0.39, 0.29) is 11.4 Å². The number of carbonyl (C=O) groups excluding carboxylic acids is 1. The molecule has 0 radical (unpaired) electrons. The molecule has 2 heterocycles. The fourth-order valence-corrected chi connectivity index (χ4v) is 2.13. The van der Waals surface area contributed by atoms with Crippen molar-refractivity contribution >= 4 is 12.1 Å². The highest BCUT2D eigenvalue weighted by atomic mass is 16.5. The molecule has 8 heteroatoms. The van der Waals surface area contributed by atoms with Crippen molar-refractivity contribution in [3.63, 3.8) is 0 Å². The summed E-state index contributed by atoms with van der Waals surface area (Å²) in [4.78, 5) is 12.0. The summed E-state index contributed by atoms with van der Waals surface area (Å²) < 4.78 is 10.5. The van der Waals surface area contributed by atoms with Gasteiger partial charge in [0.2, 0.25) is 0 Å². The van der Waals surface area contributed by atoms with Crippen LogP contribution in [0.3, 0.4) is 0 Å². The molecule has 2 aromatic heterocycles. The summed E-state index contributed by atoms with van der Waals surface area (Å²) in [5.41, 5.74) is 3.52. The number of furan rings is 1. The lowest BCUT2D eigenvalue weighted by atomic mass is 10.2. The number of H-pyrrole nitrogens is 1. The van der Waals surface area contributed by atoms with E-state index in [1.807, 2.05) is 6.92 Å². The molecule has 3 N–H and O–H groups in total. The molecule has 0 atom stereocenters. The van der Waals surface area contributed by atoms with E-state index >= 15 is 0 Å². The zero-order valence-electron chi connectivity index (χ0n) is 13.4. The second kappa shape index (κ2) is 7.35. The minimum atomic E-state index is -0.495. The molecule has 25 heavy (non-hydrogen) atoms. The molecule has 1 aromatic carbocycles. The Bertz CT molecular complexity index is 884. The van der Waals surface area contributed by atoms with E-state index < -0.39 is 5.91 Å². The molecule has 3 rings (SSSR count). The van der Waals surface area contributed by atoms with Gasteiger partial charge < -0.3 is 14.3 Å². The molecule has 0 saturated carbocycles. The first-order valence-corrected chi connectivity index (χ1v) is 7.56. The number of aromatic amines is 1. The van der Waals surface area contributed by atoms with Crippen molar-refractivity contribution in [2.45, 2.75) is 6.92 Å². The summed E-state index contributed by atoms with van der Waals surface area (Å²) in [6.45, 7) is 2.25. The molecule has 0 spiro atoms. The van der Waals surface area contributed by atoms with Gasteiger partial charge >= 0.3 is 0 Å². The van der Waals surface area contributed by atoms with Crippen LogP contribution in [0.25, 0.3) is 11.5 Å². The molecule has 1 amide bonds. The predicted molar refractivity (Wildman–Crippen MR) is 90.6 cm³/mol. The quantitative estimate of drug-likeness (QED) is 0.471. The van der Waals surface area contributed by atoms with Crippen LogP contribution >= 0.6 is 0 Å². The van der Waals surface area contributed by atoms with E-state index in [2.05, 4.69) is 20.7 Å². The van der Waals surface area contributed by atoms with Gasteiger partial charge in [-0.15, -0.1) is 0 Å². The lowest BCUT2D eigenvalue weighted by Gasteiger charge is -2.06. The van der Waals surface area contributed by atoms with Crippen LogP contribution in [0.2, 0.25) is 0 Å². The second-order valence-electron chi connectivity index (χ2n) is 4.97. The van der Waals surface area contributed by atoms with Crippen LogP contribution in [-0.4, -0.2) is 34.0 Å². The molecule has 0 unspecified atom stereocenters. The van der Waals surface area contributed by atoms with Crippen LogP contribution in [0, 0.1) is 0 Å². The third-order valence-electron chi connectivity index (χ3n) is 3.30. The Labute approximate surface area is 143 Å². The number of hydrazone groups is 1. The summed E-state index contributed by atoms with van der Waals surface area (Å²) >= 11 is 0. The van der Waals surface area contributed by atoms with Gasteiger partial charge in [-0.1, -0.05) is 6.07 Å². The number of hydrogen-bond donors (Lipinski definition) is 3. The van der Waals surface area contributed by atoms with Crippen molar-refractivity contribution in [3.8, 4) is 23.0 Å². The van der Waals surface area contributed by atoms with Crippen LogP contribution in [0.1, 0.15) is 23.0 Å². The number of amides is 1. The summed E-state index contributed by atoms with van der Waals surface area (Å²) in [7, 11) is 0. The number of nitrogens with one attached hydrogen (secondary N) is 2. The Kier molecular flexibility index (Phi) is 4.79. The minimum absolute atomic E-state index is 0.0396. The van der Waals surface area contributed by atoms with E-state index in [1.54, 1.807) is 36.4 Å². The Balaban J connectivity index is 1.66. The molecule has 3 aromatic rings. The number of benzene rings is 1. The van der Waals surface area contributed by atoms with Crippen LogP contribution < -0.4 is 10.2 Å². The van der Waals surface area contributed by atoms with Crippen molar-refractivity contribution in [2.75, 3.05) is 6.61 Å². The minimum Gasteiger partial charge on any atom is -0.504 e. The van der Waals surface area contributed by atoms with E-state index in [1.165, 1.54) is 12.5 Å². The third kappa shape index (κ3) is 3.69. The van der Waals surface area contributed by atoms with E-state index in [0.717, 1.165) is 0 Å². The number of para-hydroxylation sites is 1. The van der Waals surface area contributed by atoms with Gasteiger partial charge in [0.05, 0.1) is 19.1 Å². The topological polar surface area (TPSA) is 113 Å². The Morgan fingerprint density at radius 2 is 2.32 bits per heavy atom. The standard InChI is InChI=1S/C17H16N4O4/c1-2-24-15-6-3-5-11(16(15)22)10-18-21-17(23)13-9-12(19-20-13)14-7-4-8-25-14/h3-10,22H,2H2,1H3,(H,19,20)(H,21,23). The first kappa shape index (κ1) is 16.3. The lowest BCUT2D eigenvalue weighted by molar-refractivity contribution is 0.0950. The SMILES string of the molecule is CCOc1cccc(C=NNC(=O)c2cc(-c3ccco3)[nH]n2)c1O. The van der Waals surface area contributed by atoms with Crippen LogP contribution in [0.4, 0.5) is 0 Å². The number of hydrogen-bond acceptors (Lipinski definition) is 6. The monoisotopic (exact) mass is 340 g/mol. The molecule has 0 aliphatic heterocycles. The lowest BCUT2D eigenvalue weighted by Crippen LogP contribution is -2.18. The van der Waals surface area contributed by atoms with Crippen molar-refractivity contribution in [1.29, 1.82) is 0 Å². The van der Waals surface area contributed by atoms with Crippen molar-refractivity contribution in [2.24, 2.45) is 5.10 Å². The van der Waals surface area contributed by atoms with Crippen LogP contribution in [0.5, 0.6) is 11.5 Å². The van der Waals surface area contributed by atoms with Gasteiger partial charge in [-0.2, -0.15) is 10.2 Å². The number of nitrogens with zero attached hydrogens (tertiary/aromatic N) is 2. The number of phenols is 1. The largest absolute Gasteiger partial charge is 0.504 e. The second-order valence-corrected chi connectivity index (χ2v) is 4.97. The molecule has 128 valence electrons.